The first-order valence-electron chi connectivity index (χ1n) is 8.11. The Balaban J connectivity index is 1.66. The summed E-state index contributed by atoms with van der Waals surface area (Å²) < 4.78 is 11.9. The van der Waals surface area contributed by atoms with Gasteiger partial charge in [-0.05, 0) is 44.0 Å². The Kier molecular flexibility index (Phi) is 3.23. The van der Waals surface area contributed by atoms with Crippen LogP contribution in [0.25, 0.3) is 6.08 Å². The van der Waals surface area contributed by atoms with Crippen LogP contribution >= 0.6 is 0 Å². The molecule has 2 N–H and O–H groups in total. The maximum atomic E-state index is 10.1. The number of hydrogen-bond acceptors (Lipinski definition) is 4. The van der Waals surface area contributed by atoms with Gasteiger partial charge in [0.1, 0.15) is 28.6 Å². The van der Waals surface area contributed by atoms with Gasteiger partial charge in [-0.3, -0.25) is 0 Å². The molecule has 0 spiro atoms. The van der Waals surface area contributed by atoms with Crippen molar-refractivity contribution in [2.24, 2.45) is 0 Å². The van der Waals surface area contributed by atoms with E-state index in [1.165, 1.54) is 6.07 Å². The number of benzene rings is 2. The van der Waals surface area contributed by atoms with E-state index in [9.17, 15) is 10.2 Å². The predicted molar refractivity (Wildman–Crippen MR) is 91.9 cm³/mol. The van der Waals surface area contributed by atoms with E-state index >= 15 is 0 Å². The SMILES string of the molecule is CC1(C)C=Cc2cc3c(cc2O1)OC[C@H](c1ccc(O)cc1O)C3. The van der Waals surface area contributed by atoms with Crippen molar-refractivity contribution in [2.45, 2.75) is 31.8 Å². The van der Waals surface area contributed by atoms with Crippen molar-refractivity contribution in [2.75, 3.05) is 6.61 Å². The summed E-state index contributed by atoms with van der Waals surface area (Å²) in [4.78, 5) is 0. The van der Waals surface area contributed by atoms with Crippen LogP contribution in [0.3, 0.4) is 0 Å². The van der Waals surface area contributed by atoms with Gasteiger partial charge in [-0.25, -0.2) is 0 Å². The zero-order chi connectivity index (χ0) is 16.9. The van der Waals surface area contributed by atoms with Crippen molar-refractivity contribution in [3.8, 4) is 23.0 Å². The molecular formula is C20H20O4. The van der Waals surface area contributed by atoms with Gasteiger partial charge in [-0.15, -0.1) is 0 Å². The van der Waals surface area contributed by atoms with Crippen LogP contribution in [0.5, 0.6) is 23.0 Å². The fourth-order valence-corrected chi connectivity index (χ4v) is 3.34. The van der Waals surface area contributed by atoms with Crippen molar-refractivity contribution in [1.82, 2.24) is 0 Å². The highest BCUT2D eigenvalue weighted by Gasteiger charge is 2.28. The first-order valence-corrected chi connectivity index (χ1v) is 8.11. The minimum atomic E-state index is -0.309. The van der Waals surface area contributed by atoms with Crippen molar-refractivity contribution >= 4 is 6.08 Å². The molecular weight excluding hydrogens is 304 g/mol. The molecule has 1 atom stereocenters. The monoisotopic (exact) mass is 324 g/mol. The van der Waals surface area contributed by atoms with Gasteiger partial charge in [0, 0.05) is 29.2 Å². The minimum Gasteiger partial charge on any atom is -0.508 e. The van der Waals surface area contributed by atoms with Crippen molar-refractivity contribution in [1.29, 1.82) is 0 Å². The molecule has 2 aliphatic heterocycles. The molecule has 2 aliphatic rings. The van der Waals surface area contributed by atoms with Crippen molar-refractivity contribution in [3.63, 3.8) is 0 Å². The number of rotatable bonds is 1. The number of ether oxygens (including phenoxy) is 2. The van der Waals surface area contributed by atoms with E-state index in [4.69, 9.17) is 9.47 Å². The molecule has 0 bridgehead atoms. The van der Waals surface area contributed by atoms with E-state index in [2.05, 4.69) is 18.2 Å². The molecule has 4 rings (SSSR count). The molecule has 0 saturated carbocycles. The lowest BCUT2D eigenvalue weighted by molar-refractivity contribution is 0.157. The lowest BCUT2D eigenvalue weighted by Crippen LogP contribution is -2.28. The van der Waals surface area contributed by atoms with Crippen LogP contribution in [0.4, 0.5) is 0 Å². The molecule has 0 fully saturated rings. The average molecular weight is 324 g/mol. The molecule has 0 saturated heterocycles. The summed E-state index contributed by atoms with van der Waals surface area (Å²) in [5.41, 5.74) is 2.64. The smallest absolute Gasteiger partial charge is 0.131 e. The lowest BCUT2D eigenvalue weighted by atomic mass is 9.88. The zero-order valence-corrected chi connectivity index (χ0v) is 13.7. The highest BCUT2D eigenvalue weighted by Crippen LogP contribution is 2.42. The highest BCUT2D eigenvalue weighted by atomic mass is 16.5. The van der Waals surface area contributed by atoms with E-state index < -0.39 is 0 Å². The number of fused-ring (bicyclic) bond motifs is 2. The van der Waals surface area contributed by atoms with Gasteiger partial charge in [0.2, 0.25) is 0 Å². The van der Waals surface area contributed by atoms with Crippen LogP contribution in [0.15, 0.2) is 36.4 Å². The third-order valence-electron chi connectivity index (χ3n) is 4.59. The largest absolute Gasteiger partial charge is 0.508 e. The average Bonchev–Trinajstić information content (AvgIpc) is 2.52. The molecule has 0 aromatic heterocycles. The Labute approximate surface area is 141 Å². The van der Waals surface area contributed by atoms with E-state index in [1.54, 1.807) is 12.1 Å². The molecule has 2 aromatic carbocycles. The lowest BCUT2D eigenvalue weighted by Gasteiger charge is -2.31. The maximum absolute atomic E-state index is 10.1. The van der Waals surface area contributed by atoms with Crippen LogP contribution in [-0.4, -0.2) is 22.4 Å². The van der Waals surface area contributed by atoms with E-state index in [0.717, 1.165) is 34.6 Å². The molecule has 2 heterocycles. The predicted octanol–water partition coefficient (Wildman–Crippen LogP) is 4.00. The molecule has 4 heteroatoms. The van der Waals surface area contributed by atoms with Crippen LogP contribution in [0.2, 0.25) is 0 Å². The first kappa shape index (κ1) is 14.9. The van der Waals surface area contributed by atoms with E-state index in [-0.39, 0.29) is 23.0 Å². The van der Waals surface area contributed by atoms with Gasteiger partial charge in [0.15, 0.2) is 0 Å². The van der Waals surface area contributed by atoms with Crippen molar-refractivity contribution < 1.29 is 19.7 Å². The molecule has 0 unspecified atom stereocenters. The molecule has 0 amide bonds. The topological polar surface area (TPSA) is 58.9 Å². The van der Waals surface area contributed by atoms with E-state index in [1.807, 2.05) is 19.9 Å². The number of aromatic hydroxyl groups is 2. The van der Waals surface area contributed by atoms with Gasteiger partial charge in [-0.1, -0.05) is 12.1 Å². The van der Waals surface area contributed by atoms with Gasteiger partial charge in [-0.2, -0.15) is 0 Å². The van der Waals surface area contributed by atoms with Gasteiger partial charge >= 0.3 is 0 Å². The van der Waals surface area contributed by atoms with Crippen LogP contribution < -0.4 is 9.47 Å². The number of phenols is 2. The Bertz CT molecular complexity index is 836. The second-order valence-corrected chi connectivity index (χ2v) is 6.99. The van der Waals surface area contributed by atoms with Gasteiger partial charge < -0.3 is 19.7 Å². The number of hydrogen-bond donors (Lipinski definition) is 2. The summed E-state index contributed by atoms with van der Waals surface area (Å²) in [6.45, 7) is 4.54. The van der Waals surface area contributed by atoms with Crippen LogP contribution in [0.1, 0.15) is 36.5 Å². The molecule has 0 radical (unpaired) electrons. The zero-order valence-electron chi connectivity index (χ0n) is 13.7. The Morgan fingerprint density at radius 1 is 1.08 bits per heavy atom. The summed E-state index contributed by atoms with van der Waals surface area (Å²) in [5.74, 6) is 1.91. The molecule has 2 aromatic rings. The minimum absolute atomic E-state index is 0.0566. The third kappa shape index (κ3) is 2.58. The quantitative estimate of drug-likeness (QED) is 0.832. The summed E-state index contributed by atoms with van der Waals surface area (Å²) >= 11 is 0. The van der Waals surface area contributed by atoms with Crippen LogP contribution in [0, 0.1) is 0 Å². The third-order valence-corrected chi connectivity index (χ3v) is 4.59. The highest BCUT2D eigenvalue weighted by molar-refractivity contribution is 5.65. The fourth-order valence-electron chi connectivity index (χ4n) is 3.34. The Hall–Kier alpha value is -2.62. The normalized spacial score (nSPS) is 20.5. The fraction of sp³-hybridized carbons (Fsp3) is 0.300. The van der Waals surface area contributed by atoms with Gasteiger partial charge in [0.05, 0.1) is 6.61 Å². The second kappa shape index (κ2) is 5.20. The standard InChI is InChI=1S/C20H20O4/c1-20(2)6-5-12-7-13-8-14(11-23-18(13)10-19(12)24-20)16-4-3-15(21)9-17(16)22/h3-7,9-10,14,21-22H,8,11H2,1-2H3/t14-/m1/s1. The molecule has 24 heavy (non-hydrogen) atoms. The maximum Gasteiger partial charge on any atom is 0.131 e. The van der Waals surface area contributed by atoms with Crippen molar-refractivity contribution in [3.05, 3.63) is 53.1 Å². The second-order valence-electron chi connectivity index (χ2n) is 6.99. The Morgan fingerprint density at radius 2 is 1.92 bits per heavy atom. The molecule has 124 valence electrons. The summed E-state index contributed by atoms with van der Waals surface area (Å²) in [6, 6.07) is 8.78. The Morgan fingerprint density at radius 3 is 2.71 bits per heavy atom. The first-order chi connectivity index (χ1) is 11.4. The summed E-state index contributed by atoms with van der Waals surface area (Å²) in [5, 5.41) is 19.6. The van der Waals surface area contributed by atoms with Gasteiger partial charge in [0.25, 0.3) is 0 Å². The molecule has 4 nitrogen and oxygen atoms in total. The van der Waals surface area contributed by atoms with Crippen LogP contribution in [-0.2, 0) is 6.42 Å². The number of phenolic OH excluding ortho intramolecular Hbond substituents is 2. The summed E-state index contributed by atoms with van der Waals surface area (Å²) in [7, 11) is 0. The van der Waals surface area contributed by atoms with E-state index in [0.29, 0.717) is 6.61 Å². The summed E-state index contributed by atoms with van der Waals surface area (Å²) in [6.07, 6.45) is 4.91. The molecule has 0 aliphatic carbocycles.